The summed E-state index contributed by atoms with van der Waals surface area (Å²) in [5, 5.41) is 6.98. The minimum Gasteiger partial charge on any atom is -0.281 e. The Morgan fingerprint density at radius 1 is 1.23 bits per heavy atom. The lowest BCUT2D eigenvalue weighted by molar-refractivity contribution is 0.994. The van der Waals surface area contributed by atoms with Crippen molar-refractivity contribution in [1.29, 1.82) is 0 Å². The molecule has 1 aromatic heterocycles. The number of aromatic nitrogens is 2. The number of H-pyrrole nitrogens is 1. The molecule has 0 aliphatic heterocycles. The molecular weight excluding hydrogens is 275 g/mol. The molecule has 0 spiro atoms. The molecule has 1 aromatic carbocycles. The fourth-order valence-electron chi connectivity index (χ4n) is 1.22. The van der Waals surface area contributed by atoms with Crippen molar-refractivity contribution in [3.63, 3.8) is 0 Å². The SMILES string of the molecule is Ic1cn[nH]c1Cc1ccccc1. The first-order chi connectivity index (χ1) is 6.36. The van der Waals surface area contributed by atoms with Crippen LogP contribution in [0.3, 0.4) is 0 Å². The maximum absolute atomic E-state index is 3.99. The van der Waals surface area contributed by atoms with Gasteiger partial charge in [-0.05, 0) is 28.2 Å². The Morgan fingerprint density at radius 3 is 2.62 bits per heavy atom. The maximum Gasteiger partial charge on any atom is 0.0624 e. The van der Waals surface area contributed by atoms with Crippen LogP contribution in [0.15, 0.2) is 36.5 Å². The summed E-state index contributed by atoms with van der Waals surface area (Å²) in [5.41, 5.74) is 2.50. The summed E-state index contributed by atoms with van der Waals surface area (Å²) >= 11 is 2.29. The summed E-state index contributed by atoms with van der Waals surface area (Å²) in [6, 6.07) is 10.4. The highest BCUT2D eigenvalue weighted by molar-refractivity contribution is 14.1. The highest BCUT2D eigenvalue weighted by Gasteiger charge is 2.01. The third kappa shape index (κ3) is 2.09. The van der Waals surface area contributed by atoms with Gasteiger partial charge in [0.05, 0.1) is 15.5 Å². The highest BCUT2D eigenvalue weighted by Crippen LogP contribution is 2.12. The quantitative estimate of drug-likeness (QED) is 0.844. The molecule has 0 saturated carbocycles. The van der Waals surface area contributed by atoms with E-state index in [0.29, 0.717) is 0 Å². The van der Waals surface area contributed by atoms with E-state index >= 15 is 0 Å². The minimum atomic E-state index is 0.930. The maximum atomic E-state index is 3.99. The van der Waals surface area contributed by atoms with Gasteiger partial charge in [0.25, 0.3) is 0 Å². The average Bonchev–Trinajstić information content (AvgIpc) is 2.54. The molecule has 0 amide bonds. The summed E-state index contributed by atoms with van der Waals surface area (Å²) < 4.78 is 1.20. The van der Waals surface area contributed by atoms with Crippen LogP contribution in [0.2, 0.25) is 0 Å². The molecular formula is C10H9IN2. The Morgan fingerprint density at radius 2 is 2.00 bits per heavy atom. The van der Waals surface area contributed by atoms with E-state index in [2.05, 4.69) is 57.1 Å². The van der Waals surface area contributed by atoms with Crippen molar-refractivity contribution < 1.29 is 0 Å². The summed E-state index contributed by atoms with van der Waals surface area (Å²) in [4.78, 5) is 0. The summed E-state index contributed by atoms with van der Waals surface area (Å²) in [5.74, 6) is 0. The van der Waals surface area contributed by atoms with Crippen LogP contribution in [0, 0.1) is 3.57 Å². The van der Waals surface area contributed by atoms with E-state index in [1.807, 2.05) is 12.3 Å². The second-order valence-corrected chi connectivity index (χ2v) is 4.02. The van der Waals surface area contributed by atoms with Gasteiger partial charge in [-0.3, -0.25) is 5.10 Å². The second-order valence-electron chi connectivity index (χ2n) is 2.86. The lowest BCUT2D eigenvalue weighted by atomic mass is 10.1. The molecule has 1 N–H and O–H groups in total. The molecule has 66 valence electrons. The molecule has 2 aromatic rings. The van der Waals surface area contributed by atoms with Crippen molar-refractivity contribution in [3.05, 3.63) is 51.4 Å². The van der Waals surface area contributed by atoms with E-state index < -0.39 is 0 Å². The normalized spacial score (nSPS) is 10.2. The van der Waals surface area contributed by atoms with E-state index in [4.69, 9.17) is 0 Å². The number of aromatic amines is 1. The van der Waals surface area contributed by atoms with Crippen LogP contribution >= 0.6 is 22.6 Å². The first-order valence-corrected chi connectivity index (χ1v) is 5.16. The second kappa shape index (κ2) is 3.91. The van der Waals surface area contributed by atoms with E-state index in [-0.39, 0.29) is 0 Å². The Bertz CT molecular complexity index is 381. The molecule has 3 heteroatoms. The molecule has 0 fully saturated rings. The van der Waals surface area contributed by atoms with Crippen molar-refractivity contribution in [3.8, 4) is 0 Å². The Kier molecular flexibility index (Phi) is 2.63. The fourth-order valence-corrected chi connectivity index (χ4v) is 1.67. The predicted molar refractivity (Wildman–Crippen MR) is 60.6 cm³/mol. The fraction of sp³-hybridized carbons (Fsp3) is 0.100. The molecule has 0 atom stereocenters. The molecule has 0 radical (unpaired) electrons. The number of rotatable bonds is 2. The molecule has 0 aliphatic carbocycles. The van der Waals surface area contributed by atoms with Crippen LogP contribution in [0.25, 0.3) is 0 Å². The Hall–Kier alpha value is -0.840. The predicted octanol–water partition coefficient (Wildman–Crippen LogP) is 2.61. The Balaban J connectivity index is 2.20. The van der Waals surface area contributed by atoms with Gasteiger partial charge in [0, 0.05) is 6.42 Å². The number of nitrogens with zero attached hydrogens (tertiary/aromatic N) is 1. The van der Waals surface area contributed by atoms with Gasteiger partial charge in [-0.25, -0.2) is 0 Å². The molecule has 0 unspecified atom stereocenters. The van der Waals surface area contributed by atoms with Crippen molar-refractivity contribution in [2.45, 2.75) is 6.42 Å². The van der Waals surface area contributed by atoms with Crippen LogP contribution in [-0.2, 0) is 6.42 Å². The third-order valence-electron chi connectivity index (χ3n) is 1.89. The summed E-state index contributed by atoms with van der Waals surface area (Å²) in [6.07, 6.45) is 2.78. The van der Waals surface area contributed by atoms with Gasteiger partial charge in [-0.1, -0.05) is 30.3 Å². The molecule has 0 bridgehead atoms. The first-order valence-electron chi connectivity index (χ1n) is 4.08. The molecule has 0 aliphatic rings. The standard InChI is InChI=1S/C10H9IN2/c11-9-7-12-13-10(9)6-8-4-2-1-3-5-8/h1-5,7H,6H2,(H,12,13). The summed E-state index contributed by atoms with van der Waals surface area (Å²) in [7, 11) is 0. The topological polar surface area (TPSA) is 28.7 Å². The molecule has 2 rings (SSSR count). The van der Waals surface area contributed by atoms with Crippen molar-refractivity contribution in [2.24, 2.45) is 0 Å². The number of hydrogen-bond donors (Lipinski definition) is 1. The zero-order chi connectivity index (χ0) is 9.10. The van der Waals surface area contributed by atoms with Gasteiger partial charge in [0.2, 0.25) is 0 Å². The lowest BCUT2D eigenvalue weighted by Gasteiger charge is -1.98. The van der Waals surface area contributed by atoms with Gasteiger partial charge >= 0.3 is 0 Å². The monoisotopic (exact) mass is 284 g/mol. The van der Waals surface area contributed by atoms with E-state index in [9.17, 15) is 0 Å². The number of benzene rings is 1. The first kappa shape index (κ1) is 8.74. The number of nitrogens with one attached hydrogen (secondary N) is 1. The van der Waals surface area contributed by atoms with E-state index in [1.165, 1.54) is 14.8 Å². The van der Waals surface area contributed by atoms with Gasteiger partial charge in [0.1, 0.15) is 0 Å². The van der Waals surface area contributed by atoms with Gasteiger partial charge < -0.3 is 0 Å². The summed E-state index contributed by atoms with van der Waals surface area (Å²) in [6.45, 7) is 0. The van der Waals surface area contributed by atoms with Crippen LogP contribution in [0.1, 0.15) is 11.3 Å². The minimum absolute atomic E-state index is 0.930. The van der Waals surface area contributed by atoms with Gasteiger partial charge in [-0.2, -0.15) is 5.10 Å². The Labute approximate surface area is 90.5 Å². The zero-order valence-electron chi connectivity index (χ0n) is 7.00. The highest BCUT2D eigenvalue weighted by atomic mass is 127. The molecule has 1 heterocycles. The third-order valence-corrected chi connectivity index (χ3v) is 2.82. The molecule has 2 nitrogen and oxygen atoms in total. The molecule has 0 saturated heterocycles. The number of halogens is 1. The van der Waals surface area contributed by atoms with Crippen molar-refractivity contribution >= 4 is 22.6 Å². The smallest absolute Gasteiger partial charge is 0.0624 e. The van der Waals surface area contributed by atoms with E-state index in [1.54, 1.807) is 0 Å². The van der Waals surface area contributed by atoms with Gasteiger partial charge in [0.15, 0.2) is 0 Å². The van der Waals surface area contributed by atoms with Crippen molar-refractivity contribution in [2.75, 3.05) is 0 Å². The lowest BCUT2D eigenvalue weighted by Crippen LogP contribution is -1.89. The van der Waals surface area contributed by atoms with Gasteiger partial charge in [-0.15, -0.1) is 0 Å². The number of hydrogen-bond acceptors (Lipinski definition) is 1. The largest absolute Gasteiger partial charge is 0.281 e. The van der Waals surface area contributed by atoms with Crippen LogP contribution < -0.4 is 0 Å². The average molecular weight is 284 g/mol. The van der Waals surface area contributed by atoms with Crippen LogP contribution in [0.5, 0.6) is 0 Å². The van der Waals surface area contributed by atoms with E-state index in [0.717, 1.165) is 6.42 Å². The molecule has 13 heavy (non-hydrogen) atoms. The zero-order valence-corrected chi connectivity index (χ0v) is 9.15. The van der Waals surface area contributed by atoms with Crippen LogP contribution in [-0.4, -0.2) is 10.2 Å². The van der Waals surface area contributed by atoms with Crippen molar-refractivity contribution in [1.82, 2.24) is 10.2 Å². The van der Waals surface area contributed by atoms with Crippen LogP contribution in [0.4, 0.5) is 0 Å².